The highest BCUT2D eigenvalue weighted by molar-refractivity contribution is 5.87. The van der Waals surface area contributed by atoms with Crippen molar-refractivity contribution in [3.8, 4) is 0 Å². The Morgan fingerprint density at radius 2 is 1.47 bits per heavy atom. The molecule has 22 atom stereocenters. The van der Waals surface area contributed by atoms with Gasteiger partial charge in [0.05, 0.1) is 30.8 Å². The van der Waals surface area contributed by atoms with Crippen LogP contribution < -0.4 is 0 Å². The first kappa shape index (κ1) is 53.2. The van der Waals surface area contributed by atoms with E-state index in [1.54, 1.807) is 19.9 Å². The fourth-order valence-corrected chi connectivity index (χ4v) is 14.7. The van der Waals surface area contributed by atoms with Crippen molar-refractivity contribution >= 4 is 17.9 Å². The van der Waals surface area contributed by atoms with Crippen LogP contribution >= 0.6 is 0 Å². The van der Waals surface area contributed by atoms with Crippen LogP contribution in [0.4, 0.5) is 0 Å². The molecular weight excluding hydrogens is 893 g/mol. The Hall–Kier alpha value is -2.63. The van der Waals surface area contributed by atoms with E-state index in [0.29, 0.717) is 44.1 Å². The number of aliphatic carboxylic acids is 1. The first-order valence-electron chi connectivity index (χ1n) is 24.2. The van der Waals surface area contributed by atoms with Crippen LogP contribution in [0.15, 0.2) is 23.3 Å². The monoisotopic (exact) mass is 968 g/mol. The van der Waals surface area contributed by atoms with Crippen LogP contribution in [0.5, 0.6) is 0 Å². The number of carboxylic acid groups (broad SMARTS) is 1. The smallest absolute Gasteiger partial charge is 0.335 e. The Balaban J connectivity index is 1.18. The summed E-state index contributed by atoms with van der Waals surface area (Å²) in [6, 6.07) is 0. The van der Waals surface area contributed by atoms with Gasteiger partial charge < -0.3 is 79.5 Å². The summed E-state index contributed by atoms with van der Waals surface area (Å²) in [4.78, 5) is 38.1. The Morgan fingerprint density at radius 3 is 2.07 bits per heavy atom. The highest BCUT2D eigenvalue weighted by atomic mass is 16.7. The second-order valence-corrected chi connectivity index (χ2v) is 22.8. The van der Waals surface area contributed by atoms with Gasteiger partial charge in [0.1, 0.15) is 61.5 Å². The lowest BCUT2D eigenvalue weighted by atomic mass is 9.33. The number of fused-ring (bicyclic) bond motifs is 7. The van der Waals surface area contributed by atoms with Crippen LogP contribution in [-0.4, -0.2) is 175 Å². The number of aliphatic hydroxyl groups excluding tert-OH is 9. The van der Waals surface area contributed by atoms with E-state index in [2.05, 4.69) is 26.8 Å². The lowest BCUT2D eigenvalue weighted by Gasteiger charge is -2.72. The van der Waals surface area contributed by atoms with Crippen molar-refractivity contribution in [2.24, 2.45) is 50.2 Å². The lowest BCUT2D eigenvalue weighted by Crippen LogP contribution is -2.72. The van der Waals surface area contributed by atoms with E-state index >= 15 is 0 Å². The molecule has 0 aromatic rings. The third-order valence-electron chi connectivity index (χ3n) is 18.9. The van der Waals surface area contributed by atoms with Gasteiger partial charge in [-0.1, -0.05) is 59.3 Å². The average molecular weight is 969 g/mol. The Morgan fingerprint density at radius 1 is 0.809 bits per heavy atom. The topological polar surface area (TPSA) is 309 Å². The summed E-state index contributed by atoms with van der Waals surface area (Å²) < 4.78 is 35.2. The second-order valence-electron chi connectivity index (χ2n) is 22.8. The second kappa shape index (κ2) is 18.8. The third-order valence-corrected chi connectivity index (χ3v) is 18.9. The number of hydrogen-bond donors (Lipinski definition) is 10. The van der Waals surface area contributed by atoms with Gasteiger partial charge >= 0.3 is 17.9 Å². The van der Waals surface area contributed by atoms with Crippen molar-refractivity contribution in [3.63, 3.8) is 0 Å². The molecule has 2 saturated heterocycles. The minimum atomic E-state index is -2.03. The molecule has 68 heavy (non-hydrogen) atoms. The van der Waals surface area contributed by atoms with E-state index < -0.39 is 149 Å². The molecular formula is C49H76O19. The maximum atomic E-state index is 13.2. The van der Waals surface area contributed by atoms with Crippen molar-refractivity contribution < 1.29 is 93.9 Å². The number of aliphatic hydroxyl groups is 9. The van der Waals surface area contributed by atoms with E-state index in [-0.39, 0.29) is 31.5 Å². The molecule has 0 bridgehead atoms. The van der Waals surface area contributed by atoms with Gasteiger partial charge in [-0.25, -0.2) is 9.59 Å². The van der Waals surface area contributed by atoms with Gasteiger partial charge in [-0.15, -0.1) is 0 Å². The van der Waals surface area contributed by atoms with Gasteiger partial charge in [-0.3, -0.25) is 4.79 Å². The largest absolute Gasteiger partial charge is 0.479 e. The Kier molecular flexibility index (Phi) is 14.7. The predicted molar refractivity (Wildman–Crippen MR) is 236 cm³/mol. The summed E-state index contributed by atoms with van der Waals surface area (Å²) in [6.07, 6.45) is -15.3. The van der Waals surface area contributed by atoms with E-state index in [4.69, 9.17) is 28.4 Å². The molecule has 0 radical (unpaired) electrons. The van der Waals surface area contributed by atoms with Crippen molar-refractivity contribution in [1.82, 2.24) is 0 Å². The molecule has 6 fully saturated rings. The molecule has 0 spiro atoms. The molecule has 5 aliphatic carbocycles. The zero-order chi connectivity index (χ0) is 50.4. The summed E-state index contributed by atoms with van der Waals surface area (Å²) in [7, 11) is 0. The van der Waals surface area contributed by atoms with Gasteiger partial charge in [0.15, 0.2) is 18.7 Å². The third kappa shape index (κ3) is 8.11. The minimum Gasteiger partial charge on any atom is -0.479 e. The number of esters is 2. The van der Waals surface area contributed by atoms with E-state index in [0.717, 1.165) is 5.57 Å². The molecule has 7 aliphatic rings. The van der Waals surface area contributed by atoms with Crippen LogP contribution in [-0.2, 0) is 42.8 Å². The number of carbonyl (C=O) groups is 3. The van der Waals surface area contributed by atoms with Crippen molar-refractivity contribution in [3.05, 3.63) is 23.3 Å². The van der Waals surface area contributed by atoms with E-state index in [9.17, 15) is 65.4 Å². The van der Waals surface area contributed by atoms with Crippen LogP contribution in [0.2, 0.25) is 0 Å². The van der Waals surface area contributed by atoms with Crippen LogP contribution in [0.3, 0.4) is 0 Å². The van der Waals surface area contributed by atoms with E-state index in [1.165, 1.54) is 6.92 Å². The SMILES string of the molecule is C/C=C(\C)C(=O)O[C@H]1[C@H](O)[C@]2(COC(C)=O)[C@@H](O)C[C@]3(C)C(=CC[C@@H]4[C@@]5(C)CC[C@H](O[C@H]6O[C@@H](C(=O)O)[C@H](O)[C@@H](O[C@H]7O[C@@H](CO)[C@H](O)[C@@H](O)[C@@H]7O)[C@@H]6O)[C@@](C)(CO)[C@@H]5CC[C@]43C)[C@@H]2CC1(C)C. The molecule has 19 nitrogen and oxygen atoms in total. The highest BCUT2D eigenvalue weighted by Gasteiger charge is 2.73. The maximum absolute atomic E-state index is 13.2. The van der Waals surface area contributed by atoms with Gasteiger partial charge in [0.2, 0.25) is 0 Å². The Bertz CT molecular complexity index is 1970. The van der Waals surface area contributed by atoms with Crippen LogP contribution in [0.1, 0.15) is 107 Å². The molecule has 10 N–H and O–H groups in total. The quantitative estimate of drug-likeness (QED) is 0.0594. The van der Waals surface area contributed by atoms with Crippen LogP contribution in [0.25, 0.3) is 0 Å². The molecule has 2 heterocycles. The number of hydrogen-bond acceptors (Lipinski definition) is 18. The summed E-state index contributed by atoms with van der Waals surface area (Å²) in [5.74, 6) is -3.42. The van der Waals surface area contributed by atoms with Gasteiger partial charge in [0.25, 0.3) is 0 Å². The Labute approximate surface area is 397 Å². The molecule has 2 aliphatic heterocycles. The van der Waals surface area contributed by atoms with Gasteiger partial charge in [-0.2, -0.15) is 0 Å². The number of allylic oxidation sites excluding steroid dienone is 3. The minimum absolute atomic E-state index is 0.000837. The van der Waals surface area contributed by atoms with Gasteiger partial charge in [-0.05, 0) is 92.8 Å². The number of carboxylic acids is 1. The zero-order valence-electron chi connectivity index (χ0n) is 40.7. The molecule has 0 amide bonds. The molecule has 386 valence electrons. The standard InChI is InChI=1S/C49H76O19/c1-10-22(2)41(62)68-39-38(59)49(21-63-23(3)52)25(17-44(39,4)5)24-11-12-28-45(6)15-14-30(46(7,20-51)27(45)13-16-47(28,8)48(24,9)18-29(49)53)65-43-35(58)36(34(57)37(67-43)40(60)61)66-42-33(56)32(55)31(54)26(19-50)64-42/h10-11,25-39,42-43,50-51,53-59H,12-21H2,1-9H3,(H,60,61)/b22-10+/t25-,26-,27+,28+,29-,30-,31-,32+,33-,34+,35-,36+,37+,38-,39-,42+,43-,45-,46-,47+,48+,49-/m0/s1. The molecule has 19 heteroatoms. The molecule has 7 rings (SSSR count). The summed E-state index contributed by atoms with van der Waals surface area (Å²) >= 11 is 0. The number of carbonyl (C=O) groups excluding carboxylic acids is 2. The highest BCUT2D eigenvalue weighted by Crippen LogP contribution is 2.76. The molecule has 0 unspecified atom stereocenters. The molecule has 4 saturated carbocycles. The zero-order valence-corrected chi connectivity index (χ0v) is 40.7. The number of rotatable bonds is 11. The van der Waals surface area contributed by atoms with Crippen LogP contribution in [0, 0.1) is 50.2 Å². The lowest BCUT2D eigenvalue weighted by molar-refractivity contribution is -0.366. The first-order chi connectivity index (χ1) is 31.6. The average Bonchev–Trinajstić information content (AvgIpc) is 3.27. The fourth-order valence-electron chi connectivity index (χ4n) is 14.7. The number of ether oxygens (including phenoxy) is 6. The van der Waals surface area contributed by atoms with Crippen molar-refractivity contribution in [1.29, 1.82) is 0 Å². The summed E-state index contributed by atoms with van der Waals surface area (Å²) in [5, 5.41) is 111. The maximum Gasteiger partial charge on any atom is 0.335 e. The van der Waals surface area contributed by atoms with Crippen molar-refractivity contribution in [2.75, 3.05) is 19.8 Å². The molecule has 0 aromatic carbocycles. The normalized spacial score (nSPS) is 50.1. The first-order valence-corrected chi connectivity index (χ1v) is 24.2. The fraction of sp³-hybridized carbons (Fsp3) is 0.857. The molecule has 0 aromatic heterocycles. The predicted octanol–water partition coefficient (Wildman–Crippen LogP) is 0.855. The van der Waals surface area contributed by atoms with E-state index in [1.807, 2.05) is 20.8 Å². The van der Waals surface area contributed by atoms with Gasteiger partial charge in [0, 0.05) is 23.3 Å². The van der Waals surface area contributed by atoms with Crippen molar-refractivity contribution in [2.45, 2.75) is 193 Å². The summed E-state index contributed by atoms with van der Waals surface area (Å²) in [6.45, 7) is 15.7. The summed E-state index contributed by atoms with van der Waals surface area (Å²) in [5.41, 5.74) is -3.22.